The first-order chi connectivity index (χ1) is 10.0. The number of nitrogens with one attached hydrogen (secondary N) is 2. The summed E-state index contributed by atoms with van der Waals surface area (Å²) in [4.78, 5) is 15.3. The van der Waals surface area contributed by atoms with Crippen LogP contribution in [0.3, 0.4) is 0 Å². The second kappa shape index (κ2) is 7.73. The van der Waals surface area contributed by atoms with Crippen LogP contribution in [0.25, 0.3) is 0 Å². The SMILES string of the molecule is CC(Sc1ccc(Cl)cc1)C(=O)NNC1=CCN(C)CC1. The quantitative estimate of drug-likeness (QED) is 0.645. The number of hydrazine groups is 1. The van der Waals surface area contributed by atoms with E-state index < -0.39 is 0 Å². The van der Waals surface area contributed by atoms with Crippen LogP contribution in [0.2, 0.25) is 5.02 Å². The third-order valence-electron chi connectivity index (χ3n) is 3.25. The Morgan fingerprint density at radius 3 is 2.71 bits per heavy atom. The molecule has 1 amide bonds. The summed E-state index contributed by atoms with van der Waals surface area (Å²) in [5.74, 6) is -0.0326. The Morgan fingerprint density at radius 2 is 2.10 bits per heavy atom. The molecule has 0 saturated carbocycles. The van der Waals surface area contributed by atoms with Gasteiger partial charge >= 0.3 is 0 Å². The van der Waals surface area contributed by atoms with E-state index >= 15 is 0 Å². The first-order valence-corrected chi connectivity index (χ1v) is 8.16. The van der Waals surface area contributed by atoms with Crippen molar-refractivity contribution >= 4 is 29.3 Å². The number of benzene rings is 1. The van der Waals surface area contributed by atoms with E-state index in [2.05, 4.69) is 28.9 Å². The molecular formula is C15H20ClN3OS. The zero-order valence-electron chi connectivity index (χ0n) is 12.2. The highest BCUT2D eigenvalue weighted by molar-refractivity contribution is 8.00. The molecule has 0 fully saturated rings. The first-order valence-electron chi connectivity index (χ1n) is 6.90. The number of carbonyl (C=O) groups excluding carboxylic acids is 1. The molecule has 0 saturated heterocycles. The number of thioether (sulfide) groups is 1. The highest BCUT2D eigenvalue weighted by atomic mass is 35.5. The van der Waals surface area contributed by atoms with Crippen LogP contribution in [0, 0.1) is 0 Å². The molecule has 0 aromatic heterocycles. The average Bonchev–Trinajstić information content (AvgIpc) is 2.48. The number of hydrogen-bond acceptors (Lipinski definition) is 4. The minimum atomic E-state index is -0.175. The molecule has 2 rings (SSSR count). The predicted octanol–water partition coefficient (Wildman–Crippen LogP) is 2.66. The van der Waals surface area contributed by atoms with Gasteiger partial charge in [0.1, 0.15) is 0 Å². The highest BCUT2D eigenvalue weighted by Crippen LogP contribution is 2.24. The summed E-state index contributed by atoms with van der Waals surface area (Å²) in [6.07, 6.45) is 3.02. The lowest BCUT2D eigenvalue weighted by atomic mass is 10.2. The fourth-order valence-corrected chi connectivity index (χ4v) is 2.89. The molecule has 1 aliphatic heterocycles. The van der Waals surface area contributed by atoms with Gasteiger partial charge in [-0.15, -0.1) is 11.8 Å². The van der Waals surface area contributed by atoms with Gasteiger partial charge in [-0.3, -0.25) is 10.2 Å². The predicted molar refractivity (Wildman–Crippen MR) is 88.2 cm³/mol. The maximum absolute atomic E-state index is 12.1. The Bertz CT molecular complexity index is 518. The van der Waals surface area contributed by atoms with Crippen molar-refractivity contribution in [2.24, 2.45) is 0 Å². The molecule has 1 unspecified atom stereocenters. The zero-order chi connectivity index (χ0) is 15.2. The Labute approximate surface area is 134 Å². The van der Waals surface area contributed by atoms with Crippen LogP contribution in [0.1, 0.15) is 13.3 Å². The van der Waals surface area contributed by atoms with Gasteiger partial charge in [-0.1, -0.05) is 11.6 Å². The molecule has 2 N–H and O–H groups in total. The topological polar surface area (TPSA) is 44.4 Å². The van der Waals surface area contributed by atoms with Gasteiger partial charge in [0.15, 0.2) is 0 Å². The molecule has 1 aromatic carbocycles. The van der Waals surface area contributed by atoms with Gasteiger partial charge in [-0.05, 0) is 44.3 Å². The van der Waals surface area contributed by atoms with Crippen molar-refractivity contribution < 1.29 is 4.79 Å². The van der Waals surface area contributed by atoms with E-state index in [4.69, 9.17) is 11.6 Å². The summed E-state index contributed by atoms with van der Waals surface area (Å²) in [7, 11) is 2.08. The summed E-state index contributed by atoms with van der Waals surface area (Å²) >= 11 is 7.36. The van der Waals surface area contributed by atoms with Crippen molar-refractivity contribution in [2.45, 2.75) is 23.5 Å². The lowest BCUT2D eigenvalue weighted by Gasteiger charge is -2.23. The van der Waals surface area contributed by atoms with Crippen LogP contribution in [-0.2, 0) is 4.79 Å². The van der Waals surface area contributed by atoms with Crippen LogP contribution in [0.4, 0.5) is 0 Å². The van der Waals surface area contributed by atoms with Crippen LogP contribution in [0.15, 0.2) is 40.9 Å². The summed E-state index contributed by atoms with van der Waals surface area (Å²) < 4.78 is 0. The maximum Gasteiger partial charge on any atom is 0.251 e. The van der Waals surface area contributed by atoms with E-state index in [1.807, 2.05) is 31.2 Å². The number of carbonyl (C=O) groups is 1. The molecule has 0 spiro atoms. The Kier molecular flexibility index (Phi) is 5.96. The van der Waals surface area contributed by atoms with Gasteiger partial charge in [0.2, 0.25) is 0 Å². The summed E-state index contributed by atoms with van der Waals surface area (Å²) in [6.45, 7) is 3.80. The van der Waals surface area contributed by atoms with Crippen molar-refractivity contribution in [1.29, 1.82) is 0 Å². The molecule has 1 aliphatic rings. The summed E-state index contributed by atoms with van der Waals surface area (Å²) in [6, 6.07) is 7.50. The van der Waals surface area contributed by atoms with E-state index in [-0.39, 0.29) is 11.2 Å². The molecule has 1 atom stereocenters. The number of amides is 1. The minimum absolute atomic E-state index is 0.0326. The number of hydrogen-bond donors (Lipinski definition) is 2. The Balaban J connectivity index is 1.78. The van der Waals surface area contributed by atoms with Gasteiger partial charge in [-0.25, -0.2) is 0 Å². The van der Waals surface area contributed by atoms with Crippen LogP contribution < -0.4 is 10.9 Å². The molecule has 0 aliphatic carbocycles. The second-order valence-electron chi connectivity index (χ2n) is 5.07. The Hall–Kier alpha value is -1.17. The number of halogens is 1. The molecule has 6 heteroatoms. The number of nitrogens with zero attached hydrogens (tertiary/aromatic N) is 1. The van der Waals surface area contributed by atoms with Crippen molar-refractivity contribution in [3.8, 4) is 0 Å². The van der Waals surface area contributed by atoms with E-state index in [1.165, 1.54) is 11.8 Å². The fourth-order valence-electron chi connectivity index (χ4n) is 1.90. The third kappa shape index (κ3) is 5.26. The maximum atomic E-state index is 12.1. The number of rotatable bonds is 5. The molecule has 0 bridgehead atoms. The molecular weight excluding hydrogens is 306 g/mol. The third-order valence-corrected chi connectivity index (χ3v) is 4.62. The lowest BCUT2D eigenvalue weighted by Crippen LogP contribution is -2.42. The van der Waals surface area contributed by atoms with E-state index in [0.29, 0.717) is 5.02 Å². The van der Waals surface area contributed by atoms with Crippen LogP contribution >= 0.6 is 23.4 Å². The molecule has 4 nitrogen and oxygen atoms in total. The van der Waals surface area contributed by atoms with Crippen LogP contribution in [0.5, 0.6) is 0 Å². The first kappa shape index (κ1) is 16.2. The molecule has 1 aromatic rings. The van der Waals surface area contributed by atoms with Gasteiger partial charge in [0.25, 0.3) is 5.91 Å². The number of likely N-dealkylation sites (N-methyl/N-ethyl adjacent to an activating group) is 1. The van der Waals surface area contributed by atoms with Gasteiger partial charge in [-0.2, -0.15) is 0 Å². The summed E-state index contributed by atoms with van der Waals surface area (Å²) in [5, 5.41) is 0.526. The fraction of sp³-hybridized carbons (Fsp3) is 0.400. The molecule has 1 heterocycles. The standard InChI is InChI=1S/C15H20ClN3OS/c1-11(21-14-5-3-12(16)4-6-14)15(20)18-17-13-7-9-19(2)10-8-13/h3-7,11,17H,8-10H2,1-2H3,(H,18,20). The summed E-state index contributed by atoms with van der Waals surface area (Å²) in [5.41, 5.74) is 6.87. The second-order valence-corrected chi connectivity index (χ2v) is 6.92. The normalized spacial score (nSPS) is 17.0. The van der Waals surface area contributed by atoms with Crippen molar-refractivity contribution in [3.63, 3.8) is 0 Å². The molecule has 114 valence electrons. The molecule has 0 radical (unpaired) electrons. The van der Waals surface area contributed by atoms with E-state index in [1.54, 1.807) is 0 Å². The minimum Gasteiger partial charge on any atom is -0.303 e. The lowest BCUT2D eigenvalue weighted by molar-refractivity contribution is -0.121. The van der Waals surface area contributed by atoms with Gasteiger partial charge in [0.05, 0.1) is 5.25 Å². The highest BCUT2D eigenvalue weighted by Gasteiger charge is 2.15. The van der Waals surface area contributed by atoms with Gasteiger partial charge in [0, 0.05) is 35.1 Å². The van der Waals surface area contributed by atoms with Crippen molar-refractivity contribution in [1.82, 2.24) is 15.8 Å². The van der Waals surface area contributed by atoms with Gasteiger partial charge < -0.3 is 10.3 Å². The van der Waals surface area contributed by atoms with Crippen molar-refractivity contribution in [2.75, 3.05) is 20.1 Å². The largest absolute Gasteiger partial charge is 0.303 e. The zero-order valence-corrected chi connectivity index (χ0v) is 13.8. The van der Waals surface area contributed by atoms with Crippen LogP contribution in [-0.4, -0.2) is 36.2 Å². The monoisotopic (exact) mass is 325 g/mol. The average molecular weight is 326 g/mol. The van der Waals surface area contributed by atoms with Crippen molar-refractivity contribution in [3.05, 3.63) is 41.1 Å². The molecule has 21 heavy (non-hydrogen) atoms. The van der Waals surface area contributed by atoms with E-state index in [0.717, 1.165) is 30.1 Å². The Morgan fingerprint density at radius 1 is 1.38 bits per heavy atom. The smallest absolute Gasteiger partial charge is 0.251 e. The van der Waals surface area contributed by atoms with E-state index in [9.17, 15) is 4.79 Å².